The lowest BCUT2D eigenvalue weighted by Crippen LogP contribution is -2.53. The van der Waals surface area contributed by atoms with Crippen LogP contribution in [0.3, 0.4) is 0 Å². The van der Waals surface area contributed by atoms with Crippen LogP contribution in [0.2, 0.25) is 16.6 Å². The Hall–Kier alpha value is -0.653. The molecule has 26 heavy (non-hydrogen) atoms. The van der Waals surface area contributed by atoms with E-state index < -0.39 is 14.4 Å². The lowest BCUT2D eigenvalue weighted by molar-refractivity contribution is -0.166. The number of allylic oxidation sites excluding steroid dienone is 1. The zero-order valence-corrected chi connectivity index (χ0v) is 18.8. The predicted octanol–water partition coefficient (Wildman–Crippen LogP) is 5.22. The van der Waals surface area contributed by atoms with Crippen LogP contribution in [0.25, 0.3) is 0 Å². The third kappa shape index (κ3) is 5.43. The van der Waals surface area contributed by atoms with E-state index >= 15 is 0 Å². The quantitative estimate of drug-likeness (QED) is 0.319. The number of carbonyl (C=O) groups is 1. The summed E-state index contributed by atoms with van der Waals surface area (Å²) in [6.45, 7) is 19.7. The lowest BCUT2D eigenvalue weighted by atomic mass is 9.89. The van der Waals surface area contributed by atoms with E-state index in [2.05, 4.69) is 55.0 Å². The first-order valence-electron chi connectivity index (χ1n) is 10.2. The van der Waals surface area contributed by atoms with E-state index in [-0.39, 0.29) is 30.5 Å². The van der Waals surface area contributed by atoms with E-state index in [0.29, 0.717) is 23.0 Å². The van der Waals surface area contributed by atoms with Crippen LogP contribution in [0, 0.1) is 5.92 Å². The molecule has 1 rings (SSSR count). The smallest absolute Gasteiger partial charge is 0.308 e. The predicted molar refractivity (Wildman–Crippen MR) is 110 cm³/mol. The SMILES string of the molecule is C=CCC[C@@H](O[Si](C(C)C)(C(C)C)C(C)C)[C@H](C)[C@@H]1C[C@H](O)CC(=O)O1. The van der Waals surface area contributed by atoms with Crippen molar-refractivity contribution in [3.05, 3.63) is 12.7 Å². The Morgan fingerprint density at radius 3 is 2.15 bits per heavy atom. The minimum Gasteiger partial charge on any atom is -0.462 e. The average molecular weight is 385 g/mol. The van der Waals surface area contributed by atoms with E-state index in [0.717, 1.165) is 12.8 Å². The lowest BCUT2D eigenvalue weighted by Gasteiger charge is -2.47. The highest BCUT2D eigenvalue weighted by Gasteiger charge is 2.48. The first-order valence-corrected chi connectivity index (χ1v) is 12.4. The second-order valence-electron chi connectivity index (χ2n) is 8.82. The Bertz CT molecular complexity index is 439. The monoisotopic (exact) mass is 384 g/mol. The highest BCUT2D eigenvalue weighted by atomic mass is 28.4. The van der Waals surface area contributed by atoms with Crippen molar-refractivity contribution in [2.24, 2.45) is 5.92 Å². The molecular formula is C21H40O4Si. The van der Waals surface area contributed by atoms with Gasteiger partial charge in [0.15, 0.2) is 0 Å². The molecule has 0 spiro atoms. The first-order chi connectivity index (χ1) is 12.1. The molecule has 0 bridgehead atoms. The van der Waals surface area contributed by atoms with Crippen LogP contribution in [-0.4, -0.2) is 37.7 Å². The van der Waals surface area contributed by atoms with Gasteiger partial charge < -0.3 is 14.3 Å². The van der Waals surface area contributed by atoms with Crippen molar-refractivity contribution in [3.8, 4) is 0 Å². The van der Waals surface area contributed by atoms with Gasteiger partial charge in [-0.15, -0.1) is 6.58 Å². The molecule has 4 atom stereocenters. The van der Waals surface area contributed by atoms with Gasteiger partial charge in [-0.1, -0.05) is 54.5 Å². The second kappa shape index (κ2) is 10.0. The van der Waals surface area contributed by atoms with Gasteiger partial charge in [-0.2, -0.15) is 0 Å². The van der Waals surface area contributed by atoms with Crippen molar-refractivity contribution >= 4 is 14.3 Å². The topological polar surface area (TPSA) is 55.8 Å². The van der Waals surface area contributed by atoms with Crippen LogP contribution in [0.15, 0.2) is 12.7 Å². The maximum atomic E-state index is 11.8. The summed E-state index contributed by atoms with van der Waals surface area (Å²) in [7, 11) is -2.04. The zero-order chi connectivity index (χ0) is 20.1. The van der Waals surface area contributed by atoms with Gasteiger partial charge in [-0.05, 0) is 29.5 Å². The highest BCUT2D eigenvalue weighted by molar-refractivity contribution is 6.77. The van der Waals surface area contributed by atoms with Crippen molar-refractivity contribution < 1.29 is 19.1 Å². The number of hydrogen-bond acceptors (Lipinski definition) is 4. The summed E-state index contributed by atoms with van der Waals surface area (Å²) < 4.78 is 12.6. The number of rotatable bonds is 10. The molecule has 0 unspecified atom stereocenters. The van der Waals surface area contributed by atoms with Crippen LogP contribution >= 0.6 is 0 Å². The molecule has 1 heterocycles. The summed E-state index contributed by atoms with van der Waals surface area (Å²) in [6, 6.07) is 0. The first kappa shape index (κ1) is 23.4. The maximum Gasteiger partial charge on any atom is 0.308 e. The number of aliphatic hydroxyl groups excluding tert-OH is 1. The van der Waals surface area contributed by atoms with Crippen molar-refractivity contribution in [1.29, 1.82) is 0 Å². The number of cyclic esters (lactones) is 1. The molecule has 0 saturated carbocycles. The molecule has 0 radical (unpaired) electrons. The number of hydrogen-bond donors (Lipinski definition) is 1. The molecule has 1 aliphatic rings. The van der Waals surface area contributed by atoms with Crippen molar-refractivity contribution in [1.82, 2.24) is 0 Å². The van der Waals surface area contributed by atoms with E-state index in [1.54, 1.807) is 0 Å². The van der Waals surface area contributed by atoms with Crippen LogP contribution < -0.4 is 0 Å². The van der Waals surface area contributed by atoms with Crippen molar-refractivity contribution in [2.75, 3.05) is 0 Å². The number of esters is 1. The van der Waals surface area contributed by atoms with Gasteiger partial charge in [0.05, 0.1) is 18.6 Å². The molecule has 0 amide bonds. The van der Waals surface area contributed by atoms with Crippen molar-refractivity contribution in [3.63, 3.8) is 0 Å². The van der Waals surface area contributed by atoms with Gasteiger partial charge >= 0.3 is 5.97 Å². The fraction of sp³-hybridized carbons (Fsp3) is 0.857. The fourth-order valence-corrected chi connectivity index (χ4v) is 10.4. The van der Waals surface area contributed by atoms with E-state index in [9.17, 15) is 9.90 Å². The van der Waals surface area contributed by atoms with Crippen LogP contribution in [0.5, 0.6) is 0 Å². The van der Waals surface area contributed by atoms with Gasteiger partial charge in [-0.25, -0.2) is 0 Å². The molecule has 0 aromatic rings. The van der Waals surface area contributed by atoms with E-state index in [1.807, 2.05) is 6.08 Å². The number of carbonyl (C=O) groups excluding carboxylic acids is 1. The summed E-state index contributed by atoms with van der Waals surface area (Å²) in [5, 5.41) is 10.0. The minimum absolute atomic E-state index is 0.00923. The molecular weight excluding hydrogens is 344 g/mol. The Kier molecular flexibility index (Phi) is 9.04. The minimum atomic E-state index is -2.04. The molecule has 1 N–H and O–H groups in total. The Morgan fingerprint density at radius 1 is 1.19 bits per heavy atom. The maximum absolute atomic E-state index is 11.8. The van der Waals surface area contributed by atoms with Gasteiger partial charge in [0, 0.05) is 12.3 Å². The second-order valence-corrected chi connectivity index (χ2v) is 14.2. The molecule has 0 aromatic carbocycles. The third-order valence-corrected chi connectivity index (χ3v) is 12.2. The van der Waals surface area contributed by atoms with E-state index in [1.165, 1.54) is 0 Å². The molecule has 1 fully saturated rings. The van der Waals surface area contributed by atoms with E-state index in [4.69, 9.17) is 9.16 Å². The summed E-state index contributed by atoms with van der Waals surface area (Å²) >= 11 is 0. The molecule has 1 aliphatic heterocycles. The number of ether oxygens (including phenoxy) is 1. The summed E-state index contributed by atoms with van der Waals surface area (Å²) in [4.78, 5) is 11.8. The van der Waals surface area contributed by atoms with Crippen LogP contribution in [0.1, 0.15) is 74.1 Å². The largest absolute Gasteiger partial charge is 0.462 e. The normalized spacial score (nSPS) is 24.0. The molecule has 0 aromatic heterocycles. The van der Waals surface area contributed by atoms with Crippen LogP contribution in [-0.2, 0) is 14.0 Å². The van der Waals surface area contributed by atoms with Gasteiger partial charge in [0.2, 0.25) is 8.32 Å². The summed E-state index contributed by atoms with van der Waals surface area (Å²) in [6.07, 6.45) is 3.39. The fourth-order valence-electron chi connectivity index (χ4n) is 4.75. The Balaban J connectivity index is 3.10. The third-order valence-electron chi connectivity index (χ3n) is 6.08. The molecule has 152 valence electrons. The number of aliphatic hydroxyl groups is 1. The Labute approximate surface area is 161 Å². The highest BCUT2D eigenvalue weighted by Crippen LogP contribution is 2.44. The standard InChI is InChI=1S/C21H40O4Si/c1-9-10-11-19(17(8)20-12-18(22)13-21(23)24-20)25-26(14(2)3,15(4)5)16(6)7/h9,14-20,22H,1,10-13H2,2-8H3/t17-,18-,19+,20-/m0/s1. The summed E-state index contributed by atoms with van der Waals surface area (Å²) in [5.74, 6) is -0.250. The zero-order valence-electron chi connectivity index (χ0n) is 17.8. The molecule has 0 aliphatic carbocycles. The summed E-state index contributed by atoms with van der Waals surface area (Å²) in [5.41, 5.74) is 1.50. The van der Waals surface area contributed by atoms with Gasteiger partial charge in [0.1, 0.15) is 6.10 Å². The molecule has 4 nitrogen and oxygen atoms in total. The van der Waals surface area contributed by atoms with Gasteiger partial charge in [0.25, 0.3) is 0 Å². The average Bonchev–Trinajstić information content (AvgIpc) is 2.52. The van der Waals surface area contributed by atoms with Gasteiger partial charge in [-0.3, -0.25) is 4.79 Å². The molecule has 5 heteroatoms. The van der Waals surface area contributed by atoms with Crippen molar-refractivity contribution in [2.45, 2.75) is 109 Å². The Morgan fingerprint density at radius 2 is 1.73 bits per heavy atom. The van der Waals surface area contributed by atoms with Crippen LogP contribution in [0.4, 0.5) is 0 Å². The molecule has 1 saturated heterocycles.